The van der Waals surface area contributed by atoms with E-state index in [0.717, 1.165) is 29.0 Å². The van der Waals surface area contributed by atoms with E-state index >= 15 is 0 Å². The number of benzene rings is 1. The Balaban J connectivity index is 1.51. The third-order valence-corrected chi connectivity index (χ3v) is 5.92. The molecule has 0 saturated carbocycles. The van der Waals surface area contributed by atoms with Crippen molar-refractivity contribution >= 4 is 39.1 Å². The Labute approximate surface area is 189 Å². The maximum Gasteiger partial charge on any atom is 0.260 e. The minimum absolute atomic E-state index is 0.273. The van der Waals surface area contributed by atoms with Crippen LogP contribution in [0.3, 0.4) is 0 Å². The second kappa shape index (κ2) is 9.71. The summed E-state index contributed by atoms with van der Waals surface area (Å²) in [5.74, 6) is -0.144. The molecule has 8 nitrogen and oxygen atoms in total. The van der Waals surface area contributed by atoms with Gasteiger partial charge in [-0.2, -0.15) is 0 Å². The zero-order valence-corrected chi connectivity index (χ0v) is 18.5. The summed E-state index contributed by atoms with van der Waals surface area (Å²) >= 11 is 1.16. The molecule has 1 amide bonds. The molecule has 0 bridgehead atoms. The number of primary amides is 1. The number of carbonyl (C=O) groups is 1. The number of ether oxygens (including phenoxy) is 1. The topological polar surface area (TPSA) is 129 Å². The second-order valence-corrected chi connectivity index (χ2v) is 8.27. The first-order valence-electron chi connectivity index (χ1n) is 10.2. The lowest BCUT2D eigenvalue weighted by Crippen LogP contribution is -2.11. The van der Waals surface area contributed by atoms with Gasteiger partial charge in [-0.15, -0.1) is 11.3 Å². The van der Waals surface area contributed by atoms with Crippen LogP contribution in [-0.2, 0) is 11.3 Å². The lowest BCUT2D eigenvalue weighted by Gasteiger charge is -2.09. The van der Waals surface area contributed by atoms with Crippen molar-refractivity contribution in [1.29, 1.82) is 0 Å². The van der Waals surface area contributed by atoms with Gasteiger partial charge in [0.2, 0.25) is 5.95 Å². The Morgan fingerprint density at radius 1 is 1.09 bits per heavy atom. The summed E-state index contributed by atoms with van der Waals surface area (Å²) < 4.78 is 5.72. The van der Waals surface area contributed by atoms with Crippen molar-refractivity contribution in [3.63, 3.8) is 0 Å². The highest BCUT2D eigenvalue weighted by Crippen LogP contribution is 2.38. The molecule has 3 heterocycles. The van der Waals surface area contributed by atoms with E-state index in [1.54, 1.807) is 0 Å². The molecule has 0 aliphatic carbocycles. The lowest BCUT2D eigenvalue weighted by atomic mass is 10.1. The van der Waals surface area contributed by atoms with Crippen molar-refractivity contribution in [3.05, 3.63) is 64.7 Å². The SMILES string of the molecule is Cc1cccc(-c2nc(NCCCOCc3ccccc3)nc3sc(C(N)=O)c(N)c23)n1. The minimum atomic E-state index is -0.585. The van der Waals surface area contributed by atoms with Gasteiger partial charge in [0, 0.05) is 18.8 Å². The Morgan fingerprint density at radius 3 is 2.66 bits per heavy atom. The van der Waals surface area contributed by atoms with E-state index in [0.29, 0.717) is 47.3 Å². The second-order valence-electron chi connectivity index (χ2n) is 7.27. The molecule has 0 saturated heterocycles. The van der Waals surface area contributed by atoms with Crippen molar-refractivity contribution in [2.24, 2.45) is 5.73 Å². The number of hydrogen-bond donors (Lipinski definition) is 3. The summed E-state index contributed by atoms with van der Waals surface area (Å²) in [4.78, 5) is 26.5. The average Bonchev–Trinajstić information content (AvgIpc) is 3.13. The van der Waals surface area contributed by atoms with E-state index < -0.39 is 5.91 Å². The van der Waals surface area contributed by atoms with E-state index in [2.05, 4.69) is 20.3 Å². The van der Waals surface area contributed by atoms with Crippen LogP contribution in [0.15, 0.2) is 48.5 Å². The first kappa shape index (κ1) is 21.7. The van der Waals surface area contributed by atoms with Crippen LogP contribution in [0.25, 0.3) is 21.6 Å². The van der Waals surface area contributed by atoms with Gasteiger partial charge in [-0.1, -0.05) is 36.4 Å². The number of fused-ring (bicyclic) bond motifs is 1. The number of nitrogens with one attached hydrogen (secondary N) is 1. The van der Waals surface area contributed by atoms with Crippen LogP contribution < -0.4 is 16.8 Å². The molecule has 32 heavy (non-hydrogen) atoms. The van der Waals surface area contributed by atoms with Gasteiger partial charge in [-0.3, -0.25) is 9.78 Å². The summed E-state index contributed by atoms with van der Waals surface area (Å²) in [6.45, 7) is 3.72. The summed E-state index contributed by atoms with van der Waals surface area (Å²) in [5, 5.41) is 3.83. The van der Waals surface area contributed by atoms with Gasteiger partial charge in [-0.25, -0.2) is 9.97 Å². The fourth-order valence-corrected chi connectivity index (χ4v) is 4.23. The molecule has 0 spiro atoms. The van der Waals surface area contributed by atoms with Crippen LogP contribution in [0.4, 0.5) is 11.6 Å². The van der Waals surface area contributed by atoms with Crippen molar-refractivity contribution in [2.75, 3.05) is 24.2 Å². The summed E-state index contributed by atoms with van der Waals surface area (Å²) in [7, 11) is 0. The largest absolute Gasteiger partial charge is 0.397 e. The third-order valence-electron chi connectivity index (χ3n) is 4.80. The fraction of sp³-hybridized carbons (Fsp3) is 0.217. The highest BCUT2D eigenvalue weighted by atomic mass is 32.1. The average molecular weight is 449 g/mol. The van der Waals surface area contributed by atoms with Gasteiger partial charge in [0.15, 0.2) is 0 Å². The molecular formula is C23H24N6O2S. The Kier molecular flexibility index (Phi) is 6.58. The van der Waals surface area contributed by atoms with Crippen molar-refractivity contribution in [2.45, 2.75) is 20.0 Å². The molecule has 9 heteroatoms. The Hall–Kier alpha value is -3.56. The highest BCUT2D eigenvalue weighted by Gasteiger charge is 2.21. The number of aryl methyl sites for hydroxylation is 1. The predicted octanol–water partition coefficient (Wildman–Crippen LogP) is 3.76. The smallest absolute Gasteiger partial charge is 0.260 e. The number of nitrogen functional groups attached to an aromatic ring is 1. The number of amides is 1. The molecule has 4 aromatic rings. The molecule has 0 radical (unpaired) electrons. The molecule has 164 valence electrons. The maximum atomic E-state index is 11.8. The number of carbonyl (C=O) groups excluding carboxylic acids is 1. The van der Waals surface area contributed by atoms with Crippen LogP contribution in [-0.4, -0.2) is 34.0 Å². The van der Waals surface area contributed by atoms with Crippen LogP contribution in [0.5, 0.6) is 0 Å². The molecule has 5 N–H and O–H groups in total. The number of hydrogen-bond acceptors (Lipinski definition) is 8. The minimum Gasteiger partial charge on any atom is -0.397 e. The number of nitrogens with zero attached hydrogens (tertiary/aromatic N) is 3. The van der Waals surface area contributed by atoms with Gasteiger partial charge < -0.3 is 21.5 Å². The first-order chi connectivity index (χ1) is 15.5. The molecule has 1 aromatic carbocycles. The zero-order valence-electron chi connectivity index (χ0n) is 17.7. The van der Waals surface area contributed by atoms with E-state index in [1.165, 1.54) is 0 Å². The molecule has 3 aromatic heterocycles. The summed E-state index contributed by atoms with van der Waals surface area (Å²) in [5.41, 5.74) is 15.2. The van der Waals surface area contributed by atoms with Crippen LogP contribution in [0.1, 0.15) is 27.3 Å². The molecule has 0 aliphatic rings. The normalized spacial score (nSPS) is 11.0. The van der Waals surface area contributed by atoms with Crippen molar-refractivity contribution < 1.29 is 9.53 Å². The third kappa shape index (κ3) is 4.84. The lowest BCUT2D eigenvalue weighted by molar-refractivity contribution is 0.100. The molecule has 4 rings (SSSR count). The van der Waals surface area contributed by atoms with Crippen molar-refractivity contribution in [1.82, 2.24) is 15.0 Å². The van der Waals surface area contributed by atoms with E-state index in [1.807, 2.05) is 55.5 Å². The standard InChI is InChI=1S/C23H24N6O2S/c1-14-7-5-10-16(27-14)19-17-18(24)20(21(25)30)32-22(17)29-23(28-19)26-11-6-12-31-13-15-8-3-2-4-9-15/h2-5,7-10H,6,11-13,24H2,1H3,(H2,25,30)(H,26,28,29). The number of nitrogens with two attached hydrogens (primary N) is 2. The Morgan fingerprint density at radius 2 is 1.91 bits per heavy atom. The van der Waals surface area contributed by atoms with Crippen LogP contribution in [0.2, 0.25) is 0 Å². The van der Waals surface area contributed by atoms with Gasteiger partial charge in [-0.05, 0) is 31.0 Å². The number of thiophene rings is 1. The van der Waals surface area contributed by atoms with Crippen LogP contribution >= 0.6 is 11.3 Å². The van der Waals surface area contributed by atoms with Gasteiger partial charge in [0.1, 0.15) is 15.4 Å². The number of pyridine rings is 1. The fourth-order valence-electron chi connectivity index (χ4n) is 3.28. The monoisotopic (exact) mass is 448 g/mol. The molecular weight excluding hydrogens is 424 g/mol. The first-order valence-corrected chi connectivity index (χ1v) is 11.0. The van der Waals surface area contributed by atoms with Crippen molar-refractivity contribution in [3.8, 4) is 11.4 Å². The van der Waals surface area contributed by atoms with Gasteiger partial charge >= 0.3 is 0 Å². The molecule has 0 unspecified atom stereocenters. The quantitative estimate of drug-likeness (QED) is 0.332. The number of rotatable bonds is 9. The summed E-state index contributed by atoms with van der Waals surface area (Å²) in [6.07, 6.45) is 0.783. The Bertz CT molecular complexity index is 1240. The van der Waals surface area contributed by atoms with E-state index in [9.17, 15) is 4.79 Å². The number of anilines is 2. The molecule has 0 atom stereocenters. The predicted molar refractivity (Wildman–Crippen MR) is 128 cm³/mol. The van der Waals surface area contributed by atoms with Crippen LogP contribution in [0, 0.1) is 6.92 Å². The molecule has 0 aliphatic heterocycles. The van der Waals surface area contributed by atoms with E-state index in [-0.39, 0.29) is 10.6 Å². The zero-order chi connectivity index (χ0) is 22.5. The van der Waals surface area contributed by atoms with E-state index in [4.69, 9.17) is 16.2 Å². The van der Waals surface area contributed by atoms with Gasteiger partial charge in [0.05, 0.1) is 23.4 Å². The summed E-state index contributed by atoms with van der Waals surface area (Å²) in [6, 6.07) is 15.7. The van der Waals surface area contributed by atoms with Gasteiger partial charge in [0.25, 0.3) is 5.91 Å². The number of aromatic nitrogens is 3. The maximum absolute atomic E-state index is 11.8. The highest BCUT2D eigenvalue weighted by molar-refractivity contribution is 7.21. The molecule has 0 fully saturated rings.